The van der Waals surface area contributed by atoms with Crippen LogP contribution >= 0.6 is 0 Å². The lowest BCUT2D eigenvalue weighted by Gasteiger charge is -2.18. The van der Waals surface area contributed by atoms with E-state index in [1.54, 1.807) is 18.2 Å². The Hall–Kier alpha value is -6.44. The highest BCUT2D eigenvalue weighted by molar-refractivity contribution is 6.21. The molecular weight excluding hydrogens is 593 g/mol. The van der Waals surface area contributed by atoms with Gasteiger partial charge in [0.1, 0.15) is 11.2 Å². The molecule has 0 atom stereocenters. The Bertz CT molecular complexity index is 3710. The molecule has 0 aliphatic rings. The SMILES string of the molecule is [2H]c1c([2H])c([2H])c(-c2c3c([2H])c([2H])c([2H])c([2H])c3c(-c3c([2H])c([2H])c(-c4ccc5c(c4)oc4cccc(-c6cccc7ccccc67)c45)c([2H])c3[2H])c3c([2H])c([2H])c([2H])c([2H])c23)c([2H])c1[2H]. The van der Waals surface area contributed by atoms with E-state index in [2.05, 4.69) is 0 Å². The van der Waals surface area contributed by atoms with E-state index in [4.69, 9.17) is 16.8 Å². The molecule has 10 rings (SSSR count). The fourth-order valence-corrected chi connectivity index (χ4v) is 6.75. The lowest BCUT2D eigenvalue weighted by Crippen LogP contribution is -1.90. The fourth-order valence-electron chi connectivity index (χ4n) is 6.75. The summed E-state index contributed by atoms with van der Waals surface area (Å²) >= 11 is 0. The zero-order valence-electron chi connectivity index (χ0n) is 42.4. The number of rotatable bonds is 4. The maximum Gasteiger partial charge on any atom is 0.136 e. The molecule has 0 saturated heterocycles. The van der Waals surface area contributed by atoms with Crippen molar-refractivity contribution in [3.63, 3.8) is 0 Å². The largest absolute Gasteiger partial charge is 0.456 e. The van der Waals surface area contributed by atoms with E-state index >= 15 is 0 Å². The van der Waals surface area contributed by atoms with Crippen LogP contribution in [0.2, 0.25) is 0 Å². The summed E-state index contributed by atoms with van der Waals surface area (Å²) < 4.78 is 159. The van der Waals surface area contributed by atoms with E-state index in [1.807, 2.05) is 60.7 Å². The predicted molar refractivity (Wildman–Crippen MR) is 208 cm³/mol. The van der Waals surface area contributed by atoms with Gasteiger partial charge in [-0.3, -0.25) is 0 Å². The molecule has 1 nitrogen and oxygen atoms in total. The molecule has 0 aliphatic heterocycles. The topological polar surface area (TPSA) is 13.1 Å². The first-order valence-electron chi connectivity index (χ1n) is 24.0. The van der Waals surface area contributed by atoms with Crippen LogP contribution in [-0.2, 0) is 0 Å². The zero-order valence-corrected chi connectivity index (χ0v) is 25.4. The lowest BCUT2D eigenvalue weighted by molar-refractivity contribution is 0.669. The first-order chi connectivity index (χ1) is 31.4. The summed E-state index contributed by atoms with van der Waals surface area (Å²) in [5, 5.41) is 1.57. The zero-order chi connectivity index (χ0) is 47.1. The van der Waals surface area contributed by atoms with Crippen molar-refractivity contribution in [3.8, 4) is 44.5 Å². The predicted octanol–water partition coefficient (Wildman–Crippen LogP) is 13.7. The van der Waals surface area contributed by atoms with Gasteiger partial charge in [-0.15, -0.1) is 0 Å². The van der Waals surface area contributed by atoms with Gasteiger partial charge in [-0.2, -0.15) is 0 Å². The number of hydrogen-bond donors (Lipinski definition) is 0. The number of hydrogen-bond acceptors (Lipinski definition) is 1. The molecule has 0 aliphatic carbocycles. The summed E-state index contributed by atoms with van der Waals surface area (Å²) in [7, 11) is 0. The van der Waals surface area contributed by atoms with Crippen molar-refractivity contribution in [1.82, 2.24) is 0 Å². The first-order valence-corrected chi connectivity index (χ1v) is 15.5. The normalized spacial score (nSPS) is 16.5. The first kappa shape index (κ1) is 15.6. The van der Waals surface area contributed by atoms with Gasteiger partial charge in [-0.1, -0.05) is 163 Å². The molecule has 0 spiro atoms. The summed E-state index contributed by atoms with van der Waals surface area (Å²) in [6.45, 7) is 0. The van der Waals surface area contributed by atoms with Crippen LogP contribution in [0.3, 0.4) is 0 Å². The highest BCUT2D eigenvalue weighted by Crippen LogP contribution is 2.44. The molecule has 1 aromatic heterocycles. The molecule has 0 fully saturated rings. The van der Waals surface area contributed by atoms with Crippen LogP contribution in [0.1, 0.15) is 23.3 Å². The van der Waals surface area contributed by atoms with Gasteiger partial charge in [0.05, 0.1) is 23.3 Å². The van der Waals surface area contributed by atoms with Crippen molar-refractivity contribution in [2.24, 2.45) is 0 Å². The highest BCUT2D eigenvalue weighted by Gasteiger charge is 2.18. The minimum absolute atomic E-state index is 0.154. The third kappa shape index (κ3) is 4.40. The van der Waals surface area contributed by atoms with Crippen LogP contribution in [0, 0.1) is 0 Å². The molecule has 0 unspecified atom stereocenters. The van der Waals surface area contributed by atoms with E-state index in [0.29, 0.717) is 11.2 Å². The summed E-state index contributed by atoms with van der Waals surface area (Å²) in [6, 6.07) is 11.6. The smallest absolute Gasteiger partial charge is 0.136 e. The second-order valence-corrected chi connectivity index (χ2v) is 11.5. The van der Waals surface area contributed by atoms with Gasteiger partial charge in [0, 0.05) is 10.8 Å². The summed E-state index contributed by atoms with van der Waals surface area (Å²) in [6.07, 6.45) is 0. The van der Waals surface area contributed by atoms with Gasteiger partial charge in [-0.25, -0.2) is 0 Å². The van der Waals surface area contributed by atoms with Crippen molar-refractivity contribution in [2.45, 2.75) is 0 Å². The average molecular weight is 640 g/mol. The van der Waals surface area contributed by atoms with Crippen molar-refractivity contribution >= 4 is 54.3 Å². The van der Waals surface area contributed by atoms with Crippen LogP contribution in [0.4, 0.5) is 0 Å². The van der Waals surface area contributed by atoms with Crippen LogP contribution < -0.4 is 0 Å². The van der Waals surface area contributed by atoms with E-state index in [9.17, 15) is 11.0 Å². The molecule has 228 valence electrons. The molecule has 10 aromatic rings. The lowest BCUT2D eigenvalue weighted by atomic mass is 9.86. The van der Waals surface area contributed by atoms with Crippen LogP contribution in [0.25, 0.3) is 98.8 Å². The van der Waals surface area contributed by atoms with Crippen LogP contribution in [-0.4, -0.2) is 0 Å². The maximum atomic E-state index is 9.53. The molecule has 0 saturated carbocycles. The van der Waals surface area contributed by atoms with Crippen LogP contribution in [0.15, 0.2) is 186 Å². The Morgan fingerprint density at radius 2 is 0.939 bits per heavy atom. The minimum atomic E-state index is -0.827. The maximum absolute atomic E-state index is 9.53. The standard InChI is InChI=1S/C48H30O/c1-2-13-33(14-3-1)46-39-17-6-8-19-41(39)47(42-20-9-7-18-40(42)46)34-26-24-31(25-27-34)35-28-29-43-45(30-35)49-44-23-11-22-38(48(43)44)37-21-10-15-32-12-4-5-16-36(32)37/h1-30H/i1D,2D,3D,6D,7D,8D,9D,13D,14D,17D,18D,19D,20D,24D,25D,26D,27D. The van der Waals surface area contributed by atoms with Crippen molar-refractivity contribution in [1.29, 1.82) is 0 Å². The van der Waals surface area contributed by atoms with Crippen molar-refractivity contribution in [3.05, 3.63) is 182 Å². The second-order valence-electron chi connectivity index (χ2n) is 11.5. The third-order valence-electron chi connectivity index (χ3n) is 8.87. The molecule has 0 N–H and O–H groups in total. The Balaban J connectivity index is 1.30. The average Bonchev–Trinajstić information content (AvgIpc) is 3.70. The molecular formula is C48H30O. The molecule has 1 heteroatoms. The molecule has 0 amide bonds. The highest BCUT2D eigenvalue weighted by atomic mass is 16.3. The molecule has 0 radical (unpaired) electrons. The minimum Gasteiger partial charge on any atom is -0.456 e. The van der Waals surface area contributed by atoms with E-state index in [1.165, 1.54) is 0 Å². The van der Waals surface area contributed by atoms with Gasteiger partial charge in [0.25, 0.3) is 0 Å². The number of benzene rings is 9. The van der Waals surface area contributed by atoms with Gasteiger partial charge in [0.15, 0.2) is 0 Å². The van der Waals surface area contributed by atoms with Gasteiger partial charge in [0.2, 0.25) is 0 Å². The summed E-state index contributed by atoms with van der Waals surface area (Å²) in [4.78, 5) is 0. The Morgan fingerprint density at radius 3 is 1.65 bits per heavy atom. The quantitative estimate of drug-likeness (QED) is 0.175. The summed E-state index contributed by atoms with van der Waals surface area (Å²) in [5.41, 5.74) is 0.765. The monoisotopic (exact) mass is 639 g/mol. The Labute approximate surface area is 308 Å². The molecule has 0 bridgehead atoms. The van der Waals surface area contributed by atoms with Gasteiger partial charge in [-0.05, 0) is 95.0 Å². The van der Waals surface area contributed by atoms with Gasteiger partial charge < -0.3 is 4.42 Å². The third-order valence-corrected chi connectivity index (χ3v) is 8.87. The van der Waals surface area contributed by atoms with Crippen LogP contribution in [0.5, 0.6) is 0 Å². The van der Waals surface area contributed by atoms with Gasteiger partial charge >= 0.3 is 0 Å². The summed E-state index contributed by atoms with van der Waals surface area (Å²) in [5.74, 6) is 0. The molecule has 1 heterocycles. The number of furan rings is 1. The second kappa shape index (κ2) is 11.1. The fraction of sp³-hybridized carbons (Fsp3) is 0. The number of fused-ring (bicyclic) bond motifs is 6. The Kier molecular flexibility index (Phi) is 3.54. The Morgan fingerprint density at radius 1 is 0.367 bits per heavy atom. The molecule has 49 heavy (non-hydrogen) atoms. The van der Waals surface area contributed by atoms with E-state index in [-0.39, 0.29) is 11.1 Å². The van der Waals surface area contributed by atoms with E-state index < -0.39 is 147 Å². The molecule has 9 aromatic carbocycles. The van der Waals surface area contributed by atoms with Crippen molar-refractivity contribution < 1.29 is 27.7 Å². The van der Waals surface area contributed by atoms with E-state index in [0.717, 1.165) is 32.7 Å². The van der Waals surface area contributed by atoms with Crippen molar-refractivity contribution in [2.75, 3.05) is 0 Å².